The molecule has 2 unspecified atom stereocenters. The molecule has 2 saturated heterocycles. The van der Waals surface area contributed by atoms with Crippen molar-refractivity contribution in [3.8, 4) is 0 Å². The lowest BCUT2D eigenvalue weighted by Gasteiger charge is -2.34. The highest BCUT2D eigenvalue weighted by atomic mass is 35.5. The molecule has 4 heterocycles. The molecule has 0 saturated carbocycles. The molecule has 0 aromatic heterocycles. The van der Waals surface area contributed by atoms with E-state index in [9.17, 15) is 26.4 Å². The maximum atomic E-state index is 12.9. The van der Waals surface area contributed by atoms with Crippen molar-refractivity contribution in [2.75, 3.05) is 119 Å². The maximum absolute atomic E-state index is 12.9. The van der Waals surface area contributed by atoms with Crippen molar-refractivity contribution in [3.05, 3.63) is 124 Å². The zero-order chi connectivity index (χ0) is 57.5. The van der Waals surface area contributed by atoms with Crippen LogP contribution in [0.2, 0.25) is 20.1 Å². The third kappa shape index (κ3) is 16.1. The van der Waals surface area contributed by atoms with Crippen molar-refractivity contribution in [3.63, 3.8) is 0 Å². The summed E-state index contributed by atoms with van der Waals surface area (Å²) in [5, 5.41) is 25.2. The van der Waals surface area contributed by atoms with Crippen LogP contribution >= 0.6 is 46.4 Å². The van der Waals surface area contributed by atoms with E-state index in [1.807, 2.05) is 40.1 Å². The molecule has 24 heteroatoms. The SMILES string of the molecule is Cc1c([C@@H]2CCN(CCOCCNC(=O)NCCCCNC(=O)NCCOCCN3CC[C@@H](c4cc(C5CN(C)Cc6c(Cl)cc(Cl)cc65)cc(S(N)(=O)=O)c4C)C3)C2)cc(C2CN(C)Cc3c(Cl)cc(Cl)cc32)cc1S(N)(=O)=O. The molecule has 0 spiro atoms. The average Bonchev–Trinajstić information content (AvgIpc) is 4.16. The van der Waals surface area contributed by atoms with Gasteiger partial charge in [0, 0.05) is 110 Å². The van der Waals surface area contributed by atoms with Crippen LogP contribution in [-0.2, 0) is 42.6 Å². The van der Waals surface area contributed by atoms with Gasteiger partial charge in [0.2, 0.25) is 20.0 Å². The van der Waals surface area contributed by atoms with Gasteiger partial charge in [-0.15, -0.1) is 0 Å². The first-order valence-corrected chi connectivity index (χ1v) is 31.9. The topological polar surface area (TPSA) is 234 Å². The molecule has 4 aliphatic rings. The quantitative estimate of drug-likeness (QED) is 0.0410. The van der Waals surface area contributed by atoms with E-state index < -0.39 is 20.0 Å². The van der Waals surface area contributed by atoms with Gasteiger partial charge in [-0.05, 0) is 171 Å². The molecular weight excluding hydrogens is 1150 g/mol. The number of primary sulfonamides is 2. The largest absolute Gasteiger partial charge is 0.378 e. The van der Waals surface area contributed by atoms with Crippen molar-refractivity contribution < 1.29 is 35.9 Å². The van der Waals surface area contributed by atoms with Crippen LogP contribution in [0, 0.1) is 13.8 Å². The van der Waals surface area contributed by atoms with E-state index in [1.165, 1.54) is 0 Å². The molecule has 4 amide bonds. The molecular formula is C56H76Cl4N10O8S2. The molecule has 8 N–H and O–H groups in total. The van der Waals surface area contributed by atoms with Crippen LogP contribution in [0.3, 0.4) is 0 Å². The number of amides is 4. The predicted molar refractivity (Wildman–Crippen MR) is 316 cm³/mol. The maximum Gasteiger partial charge on any atom is 0.314 e. The summed E-state index contributed by atoms with van der Waals surface area (Å²) >= 11 is 26.2. The number of urea groups is 2. The van der Waals surface area contributed by atoms with Crippen molar-refractivity contribution in [2.24, 2.45) is 10.3 Å². The summed E-state index contributed by atoms with van der Waals surface area (Å²) in [6.45, 7) is 14.2. The summed E-state index contributed by atoms with van der Waals surface area (Å²) in [4.78, 5) is 34.0. The van der Waals surface area contributed by atoms with Gasteiger partial charge < -0.3 is 50.3 Å². The second-order valence-corrected chi connectivity index (χ2v) is 26.6. The van der Waals surface area contributed by atoms with Crippen LogP contribution in [0.25, 0.3) is 0 Å². The van der Waals surface area contributed by atoms with Crippen LogP contribution in [0.5, 0.6) is 0 Å². The molecule has 0 bridgehead atoms. The number of rotatable bonds is 23. The van der Waals surface area contributed by atoms with Crippen molar-refractivity contribution in [1.29, 1.82) is 0 Å². The first-order chi connectivity index (χ1) is 38.0. The number of fused-ring (bicyclic) bond motifs is 2. The molecule has 438 valence electrons. The number of likely N-dealkylation sites (N-methyl/N-ethyl adjacent to an activating group) is 2. The Morgan fingerprint density at radius 2 is 0.938 bits per heavy atom. The molecule has 8 rings (SSSR count). The van der Waals surface area contributed by atoms with Crippen LogP contribution in [-0.4, -0.2) is 168 Å². The van der Waals surface area contributed by atoms with Gasteiger partial charge in [-0.1, -0.05) is 58.5 Å². The third-order valence-corrected chi connectivity index (χ3v) is 19.2. The number of halogens is 4. The molecule has 4 aromatic carbocycles. The standard InChI is InChI=1S/C56H76Cl4N10O8S2/c1-35-43(21-39(23-53(35)79(61,73)74)47-31-67(3)33-49-45(47)25-41(57)27-51(49)59)37-7-13-69(29-37)15-19-77-17-11-65-55(71)63-9-5-6-10-64-56(72)66-12-18-78-20-16-70-14-8-38(30-70)44-22-40(24-54(36(44)2)80(62,75)76)48-32-68(4)34-50-46(48)26-42(58)28-52(50)60/h21-28,37-38,47-48H,5-20,29-34H2,1-4H3,(H2,61,73,74)(H2,62,75,76)(H2,63,65,71)(H2,64,66,72)/t37-,38-,47?,48?/m1/s1. The minimum atomic E-state index is -4.00. The van der Waals surface area contributed by atoms with Gasteiger partial charge in [-0.3, -0.25) is 0 Å². The Hall–Kier alpha value is -3.84. The zero-order valence-electron chi connectivity index (χ0n) is 46.0. The molecule has 0 aliphatic carbocycles. The van der Waals surface area contributed by atoms with E-state index in [1.54, 1.807) is 24.3 Å². The number of unbranched alkanes of at least 4 members (excludes halogenated alkanes) is 1. The number of sulfonamides is 2. The number of nitrogens with one attached hydrogen (secondary N) is 4. The zero-order valence-corrected chi connectivity index (χ0v) is 50.7. The lowest BCUT2D eigenvalue weighted by atomic mass is 9.82. The van der Waals surface area contributed by atoms with Crippen LogP contribution in [0.15, 0.2) is 58.3 Å². The Labute approximate surface area is 491 Å². The van der Waals surface area contributed by atoms with Crippen molar-refractivity contribution in [2.45, 2.75) is 86.1 Å². The Morgan fingerprint density at radius 3 is 1.32 bits per heavy atom. The third-order valence-electron chi connectivity index (χ3n) is 16.0. The van der Waals surface area contributed by atoms with Gasteiger partial charge in [0.25, 0.3) is 0 Å². The van der Waals surface area contributed by atoms with Gasteiger partial charge in [-0.2, -0.15) is 0 Å². The first-order valence-electron chi connectivity index (χ1n) is 27.3. The van der Waals surface area contributed by atoms with E-state index in [2.05, 4.69) is 53.0 Å². The first kappa shape index (κ1) is 62.2. The molecule has 4 aliphatic heterocycles. The fourth-order valence-electron chi connectivity index (χ4n) is 12.0. The minimum absolute atomic E-state index is 0.109. The van der Waals surface area contributed by atoms with E-state index in [0.29, 0.717) is 136 Å². The van der Waals surface area contributed by atoms with Crippen LogP contribution in [0.1, 0.15) is 105 Å². The lowest BCUT2D eigenvalue weighted by Crippen LogP contribution is -2.39. The molecule has 18 nitrogen and oxygen atoms in total. The van der Waals surface area contributed by atoms with Crippen LogP contribution < -0.4 is 31.5 Å². The summed E-state index contributed by atoms with van der Waals surface area (Å²) in [5.74, 6) is -0.0580. The van der Waals surface area contributed by atoms with Crippen molar-refractivity contribution >= 4 is 78.5 Å². The number of carbonyl (C=O) groups excluding carboxylic acids is 2. The Bertz CT molecular complexity index is 2920. The monoisotopic (exact) mass is 1220 g/mol. The summed E-state index contributed by atoms with van der Waals surface area (Å²) in [7, 11) is -3.95. The second kappa shape index (κ2) is 27.7. The fraction of sp³-hybridized carbons (Fsp3) is 0.536. The van der Waals surface area contributed by atoms with Crippen molar-refractivity contribution in [1.82, 2.24) is 40.9 Å². The normalized spacial score (nSPS) is 20.2. The van der Waals surface area contributed by atoms with Gasteiger partial charge in [0.1, 0.15) is 0 Å². The van der Waals surface area contributed by atoms with Gasteiger partial charge in [0.15, 0.2) is 0 Å². The molecule has 4 atom stereocenters. The Balaban J connectivity index is 0.664. The minimum Gasteiger partial charge on any atom is -0.378 e. The molecule has 0 radical (unpaired) electrons. The summed E-state index contributed by atoms with van der Waals surface area (Å²) in [6, 6.07) is 14.5. The van der Waals surface area contributed by atoms with Crippen LogP contribution in [0.4, 0.5) is 9.59 Å². The van der Waals surface area contributed by atoms with Gasteiger partial charge in [0.05, 0.1) is 36.2 Å². The number of ether oxygens (including phenoxy) is 2. The average molecular weight is 1220 g/mol. The van der Waals surface area contributed by atoms with E-state index in [-0.39, 0.29) is 45.5 Å². The molecule has 4 aromatic rings. The highest BCUT2D eigenvalue weighted by Gasteiger charge is 2.34. The summed E-state index contributed by atoms with van der Waals surface area (Å²) < 4.78 is 63.4. The van der Waals surface area contributed by atoms with E-state index >= 15 is 0 Å². The number of hydrogen-bond donors (Lipinski definition) is 6. The number of likely N-dealkylation sites (tertiary alicyclic amines) is 2. The number of benzene rings is 4. The highest BCUT2D eigenvalue weighted by molar-refractivity contribution is 7.89. The fourth-order valence-corrected chi connectivity index (χ4v) is 14.8. The van der Waals surface area contributed by atoms with Gasteiger partial charge >= 0.3 is 12.1 Å². The van der Waals surface area contributed by atoms with Gasteiger partial charge in [-0.25, -0.2) is 36.7 Å². The predicted octanol–water partition coefficient (Wildman–Crippen LogP) is 7.06. The highest BCUT2D eigenvalue weighted by Crippen LogP contribution is 2.44. The number of hydrogen-bond acceptors (Lipinski definition) is 12. The second-order valence-electron chi connectivity index (χ2n) is 21.8. The summed E-state index contributed by atoms with van der Waals surface area (Å²) in [6.07, 6.45) is 3.08. The number of nitrogens with two attached hydrogens (primary N) is 2. The molecule has 2 fully saturated rings. The summed E-state index contributed by atoms with van der Waals surface area (Å²) in [5.41, 5.74) is 9.02. The van der Waals surface area contributed by atoms with E-state index in [0.717, 1.165) is 83.5 Å². The molecule has 80 heavy (non-hydrogen) atoms. The number of nitrogens with zero attached hydrogens (tertiary/aromatic N) is 4. The Morgan fingerprint density at radius 1 is 0.550 bits per heavy atom. The number of carbonyl (C=O) groups is 2. The van der Waals surface area contributed by atoms with E-state index in [4.69, 9.17) is 66.2 Å². The lowest BCUT2D eigenvalue weighted by molar-refractivity contribution is 0.113. The Kier molecular flexibility index (Phi) is 21.5. The smallest absolute Gasteiger partial charge is 0.314 e.